The highest BCUT2D eigenvalue weighted by molar-refractivity contribution is 5.30. The van der Waals surface area contributed by atoms with Crippen LogP contribution in [0.2, 0.25) is 0 Å². The number of alkyl halides is 1. The molecule has 1 rings (SSSR count). The molecule has 1 unspecified atom stereocenters. The van der Waals surface area contributed by atoms with Crippen molar-refractivity contribution in [2.45, 2.75) is 27.2 Å². The predicted molar refractivity (Wildman–Crippen MR) is 56.4 cm³/mol. The summed E-state index contributed by atoms with van der Waals surface area (Å²) in [5.41, 5.74) is 2.48. The van der Waals surface area contributed by atoms with Gasteiger partial charge in [-0.3, -0.25) is 0 Å². The topological polar surface area (TPSA) is 9.23 Å². The highest BCUT2D eigenvalue weighted by Gasteiger charge is 2.21. The molecule has 78 valence electrons. The fourth-order valence-corrected chi connectivity index (χ4v) is 1.27. The molecule has 1 aliphatic rings. The van der Waals surface area contributed by atoms with Crippen LogP contribution in [0.4, 0.5) is 4.39 Å². The molecule has 0 aromatic heterocycles. The van der Waals surface area contributed by atoms with Gasteiger partial charge in [0.05, 0.1) is 0 Å². The zero-order chi connectivity index (χ0) is 10.6. The highest BCUT2D eigenvalue weighted by Crippen LogP contribution is 2.34. The van der Waals surface area contributed by atoms with Crippen LogP contribution < -0.4 is 0 Å². The summed E-state index contributed by atoms with van der Waals surface area (Å²) in [4.78, 5) is 0. The summed E-state index contributed by atoms with van der Waals surface area (Å²) in [5, 5.41) is 0. The van der Waals surface area contributed by atoms with Gasteiger partial charge in [-0.2, -0.15) is 0 Å². The average Bonchev–Trinajstić information content (AvgIpc) is 2.82. The van der Waals surface area contributed by atoms with Gasteiger partial charge in [-0.1, -0.05) is 23.3 Å². The Morgan fingerprint density at radius 2 is 2.29 bits per heavy atom. The normalized spacial score (nSPS) is 22.0. The fraction of sp³-hybridized carbons (Fsp3) is 0.500. The Morgan fingerprint density at radius 3 is 2.71 bits per heavy atom. The smallest absolute Gasteiger partial charge is 0.228 e. The minimum Gasteiger partial charge on any atom is -0.467 e. The molecular weight excluding hydrogens is 179 g/mol. The Bertz CT molecular complexity index is 287. The van der Waals surface area contributed by atoms with Gasteiger partial charge in [0.25, 0.3) is 0 Å². The van der Waals surface area contributed by atoms with Crippen molar-refractivity contribution in [2.75, 3.05) is 6.86 Å². The second-order valence-corrected chi connectivity index (χ2v) is 3.62. The second kappa shape index (κ2) is 4.99. The van der Waals surface area contributed by atoms with E-state index in [4.69, 9.17) is 4.74 Å². The standard InChI is InChI=1S/C12H17FO/c1-4-9(2)5-12(14-8-13)7-11-6-10(11)3/h4-6,11H,7-8H2,1-3H3. The molecule has 0 amide bonds. The lowest BCUT2D eigenvalue weighted by Gasteiger charge is -2.07. The minimum absolute atomic E-state index is 0.498. The first kappa shape index (κ1) is 11.0. The van der Waals surface area contributed by atoms with Crippen LogP contribution in [0.15, 0.2) is 35.1 Å². The molecule has 0 fully saturated rings. The molecule has 0 aromatic carbocycles. The van der Waals surface area contributed by atoms with E-state index >= 15 is 0 Å². The van der Waals surface area contributed by atoms with E-state index in [1.807, 2.05) is 26.0 Å². The third-order valence-electron chi connectivity index (χ3n) is 2.44. The first-order valence-corrected chi connectivity index (χ1v) is 4.88. The van der Waals surface area contributed by atoms with Gasteiger partial charge in [0.2, 0.25) is 6.86 Å². The predicted octanol–water partition coefficient (Wildman–Crippen LogP) is 3.75. The number of allylic oxidation sites excluding steroid dienone is 6. The number of halogens is 1. The Balaban J connectivity index is 2.50. The minimum atomic E-state index is -0.741. The fourth-order valence-electron chi connectivity index (χ4n) is 1.27. The second-order valence-electron chi connectivity index (χ2n) is 3.62. The summed E-state index contributed by atoms with van der Waals surface area (Å²) in [7, 11) is 0. The SMILES string of the molecule is CC=C(C)C=C(CC1C=C1C)OCF. The Hall–Kier alpha value is -1.05. The molecular formula is C12H17FO. The summed E-state index contributed by atoms with van der Waals surface area (Å²) in [6.45, 7) is 5.28. The van der Waals surface area contributed by atoms with Crippen LogP contribution in [0.5, 0.6) is 0 Å². The van der Waals surface area contributed by atoms with Crippen molar-refractivity contribution in [3.05, 3.63) is 35.1 Å². The molecule has 0 bridgehead atoms. The van der Waals surface area contributed by atoms with Crippen LogP contribution >= 0.6 is 0 Å². The number of ether oxygens (including phenoxy) is 1. The summed E-state index contributed by atoms with van der Waals surface area (Å²) in [6.07, 6.45) is 6.84. The van der Waals surface area contributed by atoms with Gasteiger partial charge in [0.1, 0.15) is 5.76 Å². The molecule has 1 nitrogen and oxygen atoms in total. The molecule has 0 saturated heterocycles. The van der Waals surface area contributed by atoms with Crippen molar-refractivity contribution < 1.29 is 9.13 Å². The van der Waals surface area contributed by atoms with E-state index in [2.05, 4.69) is 13.0 Å². The van der Waals surface area contributed by atoms with Crippen LogP contribution in [0.25, 0.3) is 0 Å². The Labute approximate surface area is 85.0 Å². The van der Waals surface area contributed by atoms with Gasteiger partial charge >= 0.3 is 0 Å². The van der Waals surface area contributed by atoms with E-state index in [-0.39, 0.29) is 0 Å². The molecule has 0 aliphatic heterocycles. The van der Waals surface area contributed by atoms with Gasteiger partial charge in [-0.15, -0.1) is 0 Å². The zero-order valence-electron chi connectivity index (χ0n) is 9.01. The van der Waals surface area contributed by atoms with Gasteiger partial charge in [-0.05, 0) is 26.8 Å². The molecule has 0 spiro atoms. The molecule has 0 N–H and O–H groups in total. The van der Waals surface area contributed by atoms with Crippen LogP contribution in [-0.2, 0) is 4.74 Å². The van der Waals surface area contributed by atoms with E-state index < -0.39 is 6.86 Å². The van der Waals surface area contributed by atoms with E-state index in [1.165, 1.54) is 5.57 Å². The lowest BCUT2D eigenvalue weighted by atomic mass is 10.1. The molecule has 0 heterocycles. The molecule has 0 aromatic rings. The van der Waals surface area contributed by atoms with Crippen molar-refractivity contribution in [1.82, 2.24) is 0 Å². The van der Waals surface area contributed by atoms with Crippen molar-refractivity contribution >= 4 is 0 Å². The van der Waals surface area contributed by atoms with Crippen molar-refractivity contribution in [3.63, 3.8) is 0 Å². The maximum atomic E-state index is 12.1. The third kappa shape index (κ3) is 3.36. The summed E-state index contributed by atoms with van der Waals surface area (Å²) in [6, 6.07) is 0. The lowest BCUT2D eigenvalue weighted by molar-refractivity contribution is 0.108. The van der Waals surface area contributed by atoms with Crippen LogP contribution in [0, 0.1) is 5.92 Å². The van der Waals surface area contributed by atoms with E-state index in [0.717, 1.165) is 17.8 Å². The number of hydrogen-bond donors (Lipinski definition) is 0. The monoisotopic (exact) mass is 196 g/mol. The van der Waals surface area contributed by atoms with Crippen molar-refractivity contribution in [3.8, 4) is 0 Å². The summed E-state index contributed by atoms with van der Waals surface area (Å²) < 4.78 is 17.0. The van der Waals surface area contributed by atoms with Gasteiger partial charge in [-0.25, -0.2) is 4.39 Å². The van der Waals surface area contributed by atoms with E-state index in [9.17, 15) is 4.39 Å². The summed E-state index contributed by atoms with van der Waals surface area (Å²) in [5.74, 6) is 1.23. The lowest BCUT2D eigenvalue weighted by Crippen LogP contribution is -1.94. The molecule has 1 aliphatic carbocycles. The van der Waals surface area contributed by atoms with E-state index in [1.54, 1.807) is 0 Å². The highest BCUT2D eigenvalue weighted by atomic mass is 19.1. The molecule has 0 saturated carbocycles. The quantitative estimate of drug-likeness (QED) is 0.369. The van der Waals surface area contributed by atoms with Crippen LogP contribution in [0.3, 0.4) is 0 Å². The molecule has 2 heteroatoms. The molecule has 14 heavy (non-hydrogen) atoms. The number of rotatable bonds is 5. The van der Waals surface area contributed by atoms with Crippen LogP contribution in [-0.4, -0.2) is 6.86 Å². The Morgan fingerprint density at radius 1 is 1.64 bits per heavy atom. The Kier molecular flexibility index (Phi) is 3.93. The molecule has 0 radical (unpaired) electrons. The maximum Gasteiger partial charge on any atom is 0.228 e. The number of hydrogen-bond acceptors (Lipinski definition) is 1. The largest absolute Gasteiger partial charge is 0.467 e. The maximum absolute atomic E-state index is 12.1. The summed E-state index contributed by atoms with van der Waals surface area (Å²) >= 11 is 0. The van der Waals surface area contributed by atoms with Crippen molar-refractivity contribution in [1.29, 1.82) is 0 Å². The van der Waals surface area contributed by atoms with Gasteiger partial charge in [0, 0.05) is 12.3 Å². The van der Waals surface area contributed by atoms with Crippen LogP contribution in [0.1, 0.15) is 27.2 Å². The average molecular weight is 196 g/mol. The zero-order valence-corrected chi connectivity index (χ0v) is 9.01. The first-order valence-electron chi connectivity index (χ1n) is 4.88. The first-order chi connectivity index (χ1) is 6.67. The van der Waals surface area contributed by atoms with Crippen molar-refractivity contribution in [2.24, 2.45) is 5.92 Å². The third-order valence-corrected chi connectivity index (χ3v) is 2.44. The van der Waals surface area contributed by atoms with Gasteiger partial charge < -0.3 is 4.74 Å². The van der Waals surface area contributed by atoms with E-state index in [0.29, 0.717) is 5.92 Å². The van der Waals surface area contributed by atoms with Gasteiger partial charge in [0.15, 0.2) is 0 Å². The molecule has 1 atom stereocenters.